The lowest BCUT2D eigenvalue weighted by atomic mass is 10.1. The number of rotatable bonds is 7. The highest BCUT2D eigenvalue weighted by Crippen LogP contribution is 2.24. The van der Waals surface area contributed by atoms with E-state index in [1.165, 1.54) is 0 Å². The first-order valence-corrected chi connectivity index (χ1v) is 9.03. The zero-order valence-electron chi connectivity index (χ0n) is 16.2. The van der Waals surface area contributed by atoms with E-state index in [0.29, 0.717) is 18.1 Å². The molecule has 3 aromatic rings. The third-order valence-corrected chi connectivity index (χ3v) is 4.41. The number of carbonyl (C=O) groups excluding carboxylic acids is 1. The van der Waals surface area contributed by atoms with Crippen LogP contribution < -0.4 is 4.74 Å². The van der Waals surface area contributed by atoms with E-state index in [1.807, 2.05) is 55.9 Å². The van der Waals surface area contributed by atoms with Gasteiger partial charge in [-0.2, -0.15) is 5.10 Å². The molecule has 1 amide bonds. The summed E-state index contributed by atoms with van der Waals surface area (Å²) >= 11 is 0. The van der Waals surface area contributed by atoms with E-state index < -0.39 is 0 Å². The quantitative estimate of drug-likeness (QED) is 0.634. The Morgan fingerprint density at radius 3 is 2.59 bits per heavy atom. The van der Waals surface area contributed by atoms with Crippen LogP contribution >= 0.6 is 0 Å². The van der Waals surface area contributed by atoms with Gasteiger partial charge in [0.25, 0.3) is 5.91 Å². The monoisotopic (exact) mass is 367 g/mol. The molecule has 0 radical (unpaired) electrons. The zero-order chi connectivity index (χ0) is 19.4. The summed E-state index contributed by atoms with van der Waals surface area (Å²) in [6, 6.07) is 11.4. The first-order valence-electron chi connectivity index (χ1n) is 9.03. The van der Waals surface area contributed by atoms with Gasteiger partial charge in [0, 0.05) is 19.8 Å². The Morgan fingerprint density at radius 2 is 1.93 bits per heavy atom. The second-order valence-electron chi connectivity index (χ2n) is 6.60. The van der Waals surface area contributed by atoms with E-state index in [2.05, 4.69) is 5.10 Å². The smallest absolute Gasteiger partial charge is 0.289 e. The minimum Gasteiger partial charge on any atom is -0.485 e. The van der Waals surface area contributed by atoms with Crippen molar-refractivity contribution in [2.24, 2.45) is 0 Å². The number of benzene rings is 1. The van der Waals surface area contributed by atoms with Gasteiger partial charge in [-0.3, -0.25) is 9.48 Å². The summed E-state index contributed by atoms with van der Waals surface area (Å²) in [4.78, 5) is 14.2. The number of aryl methyl sites for hydroxylation is 3. The molecule has 142 valence electrons. The van der Waals surface area contributed by atoms with Crippen LogP contribution in [0.5, 0.6) is 5.75 Å². The van der Waals surface area contributed by atoms with E-state index in [4.69, 9.17) is 9.15 Å². The molecule has 0 fully saturated rings. The molecular formula is C21H25N3O3. The maximum Gasteiger partial charge on any atom is 0.289 e. The highest BCUT2D eigenvalue weighted by Gasteiger charge is 2.17. The molecule has 0 atom stereocenters. The number of hydrogen-bond donors (Lipinski definition) is 0. The van der Waals surface area contributed by atoms with Crippen molar-refractivity contribution >= 4 is 5.91 Å². The first kappa shape index (κ1) is 18.8. The molecule has 3 rings (SSSR count). The van der Waals surface area contributed by atoms with Gasteiger partial charge in [0.1, 0.15) is 18.1 Å². The topological polar surface area (TPSA) is 60.5 Å². The summed E-state index contributed by atoms with van der Waals surface area (Å²) in [6.45, 7) is 7.56. The number of furan rings is 1. The van der Waals surface area contributed by atoms with Gasteiger partial charge in [0.2, 0.25) is 0 Å². The van der Waals surface area contributed by atoms with Crippen LogP contribution in [-0.2, 0) is 19.7 Å². The highest BCUT2D eigenvalue weighted by molar-refractivity contribution is 5.91. The lowest BCUT2D eigenvalue weighted by molar-refractivity contribution is 0.0747. The molecule has 0 spiro atoms. The van der Waals surface area contributed by atoms with Crippen LogP contribution in [0.4, 0.5) is 0 Å². The molecule has 1 aromatic carbocycles. The van der Waals surface area contributed by atoms with Crippen LogP contribution in [0.25, 0.3) is 0 Å². The summed E-state index contributed by atoms with van der Waals surface area (Å²) in [6.07, 6.45) is 1.91. The molecule has 27 heavy (non-hydrogen) atoms. The van der Waals surface area contributed by atoms with Crippen LogP contribution in [0.3, 0.4) is 0 Å². The molecule has 6 nitrogen and oxygen atoms in total. The van der Waals surface area contributed by atoms with Crippen molar-refractivity contribution in [1.29, 1.82) is 0 Å². The van der Waals surface area contributed by atoms with Crippen LogP contribution in [0.2, 0.25) is 0 Å². The number of hydrogen-bond acceptors (Lipinski definition) is 4. The Hall–Kier alpha value is -3.02. The lowest BCUT2D eigenvalue weighted by Crippen LogP contribution is -2.26. The predicted molar refractivity (Wildman–Crippen MR) is 103 cm³/mol. The van der Waals surface area contributed by atoms with Crippen LogP contribution in [-0.4, -0.2) is 27.6 Å². The van der Waals surface area contributed by atoms with Gasteiger partial charge in [-0.1, -0.05) is 18.2 Å². The summed E-state index contributed by atoms with van der Waals surface area (Å²) in [5, 5.41) is 4.40. The molecular weight excluding hydrogens is 342 g/mol. The van der Waals surface area contributed by atoms with Crippen LogP contribution in [0.1, 0.15) is 40.1 Å². The predicted octanol–water partition coefficient (Wildman–Crippen LogP) is 3.96. The third-order valence-electron chi connectivity index (χ3n) is 4.41. The fraction of sp³-hybridized carbons (Fsp3) is 0.333. The molecule has 0 aliphatic carbocycles. The average molecular weight is 367 g/mol. The molecule has 0 unspecified atom stereocenters. The summed E-state index contributed by atoms with van der Waals surface area (Å²) in [5.74, 6) is 1.59. The number of nitrogens with zero attached hydrogens (tertiary/aromatic N) is 3. The van der Waals surface area contributed by atoms with Crippen molar-refractivity contribution in [3.63, 3.8) is 0 Å². The average Bonchev–Trinajstić information content (AvgIpc) is 3.30. The van der Waals surface area contributed by atoms with Crippen molar-refractivity contribution < 1.29 is 13.9 Å². The van der Waals surface area contributed by atoms with E-state index in [1.54, 1.807) is 24.1 Å². The Kier molecular flexibility index (Phi) is 5.64. The molecule has 2 heterocycles. The fourth-order valence-electron chi connectivity index (χ4n) is 2.91. The van der Waals surface area contributed by atoms with E-state index in [9.17, 15) is 4.79 Å². The molecule has 0 saturated heterocycles. The highest BCUT2D eigenvalue weighted by atomic mass is 16.5. The van der Waals surface area contributed by atoms with E-state index in [-0.39, 0.29) is 12.5 Å². The lowest BCUT2D eigenvalue weighted by Gasteiger charge is -2.14. The Labute approximate surface area is 159 Å². The second-order valence-corrected chi connectivity index (χ2v) is 6.60. The molecule has 0 bridgehead atoms. The van der Waals surface area contributed by atoms with Crippen LogP contribution in [0.15, 0.2) is 47.0 Å². The van der Waals surface area contributed by atoms with Gasteiger partial charge in [-0.05, 0) is 50.1 Å². The Morgan fingerprint density at radius 1 is 1.19 bits per heavy atom. The minimum atomic E-state index is -0.181. The molecule has 2 aromatic heterocycles. The van der Waals surface area contributed by atoms with Crippen molar-refractivity contribution in [3.05, 3.63) is 70.9 Å². The summed E-state index contributed by atoms with van der Waals surface area (Å²) in [7, 11) is 1.74. The largest absolute Gasteiger partial charge is 0.485 e. The van der Waals surface area contributed by atoms with Gasteiger partial charge in [-0.25, -0.2) is 0 Å². The maximum atomic E-state index is 12.6. The number of aromatic nitrogens is 2. The Bertz CT molecular complexity index is 906. The van der Waals surface area contributed by atoms with E-state index in [0.717, 1.165) is 29.1 Å². The van der Waals surface area contributed by atoms with Crippen molar-refractivity contribution in [2.45, 2.75) is 40.5 Å². The van der Waals surface area contributed by atoms with Gasteiger partial charge >= 0.3 is 0 Å². The molecule has 0 saturated carbocycles. The SMILES string of the molecule is CCn1ccc(CN(C)C(=O)c2ccc(COc3c(C)cccc3C)o2)n1. The number of ether oxygens (including phenoxy) is 1. The van der Waals surface area contributed by atoms with Gasteiger partial charge in [-0.15, -0.1) is 0 Å². The second kappa shape index (κ2) is 8.12. The fourth-order valence-corrected chi connectivity index (χ4v) is 2.91. The number of amides is 1. The van der Waals surface area contributed by atoms with Gasteiger partial charge in [0.15, 0.2) is 5.76 Å². The molecule has 0 aliphatic rings. The molecule has 0 aliphatic heterocycles. The zero-order valence-corrected chi connectivity index (χ0v) is 16.2. The van der Waals surface area contributed by atoms with Crippen molar-refractivity contribution in [2.75, 3.05) is 7.05 Å². The molecule has 6 heteroatoms. The van der Waals surface area contributed by atoms with Crippen molar-refractivity contribution in [1.82, 2.24) is 14.7 Å². The number of para-hydroxylation sites is 1. The van der Waals surface area contributed by atoms with Crippen molar-refractivity contribution in [3.8, 4) is 5.75 Å². The summed E-state index contributed by atoms with van der Waals surface area (Å²) < 4.78 is 13.4. The van der Waals surface area contributed by atoms with E-state index >= 15 is 0 Å². The maximum absolute atomic E-state index is 12.6. The minimum absolute atomic E-state index is 0.181. The van der Waals surface area contributed by atoms with Crippen LogP contribution in [0, 0.1) is 13.8 Å². The normalized spacial score (nSPS) is 10.8. The molecule has 0 N–H and O–H groups in total. The standard InChI is InChI=1S/C21H25N3O3/c1-5-24-12-11-17(22-24)13-23(4)21(25)19-10-9-18(27-19)14-26-20-15(2)7-6-8-16(20)3/h6-12H,5,13-14H2,1-4H3. The summed E-state index contributed by atoms with van der Waals surface area (Å²) in [5.41, 5.74) is 2.99. The van der Waals surface area contributed by atoms with Gasteiger partial charge in [0.05, 0.1) is 12.2 Å². The first-order chi connectivity index (χ1) is 13.0. The Balaban J connectivity index is 1.61. The van der Waals surface area contributed by atoms with Gasteiger partial charge < -0.3 is 14.1 Å². The third kappa shape index (κ3) is 4.39. The number of carbonyl (C=O) groups is 1.